The zero-order valence-corrected chi connectivity index (χ0v) is 16.6. The van der Waals surface area contributed by atoms with Crippen molar-refractivity contribution in [3.05, 3.63) is 107 Å². The van der Waals surface area contributed by atoms with E-state index in [0.29, 0.717) is 12.2 Å². The number of fused-ring (bicyclic) bond motifs is 1. The van der Waals surface area contributed by atoms with Crippen molar-refractivity contribution in [2.24, 2.45) is 0 Å². The van der Waals surface area contributed by atoms with Crippen LogP contribution >= 0.6 is 15.9 Å². The summed E-state index contributed by atoms with van der Waals surface area (Å²) in [5, 5.41) is 5.13. The van der Waals surface area contributed by atoms with E-state index in [1.165, 1.54) is 0 Å². The standard InChI is InChI=1S/C24H18BrNO2/c25-20-12-14-21(15-13-20)28-16-17-8-10-19(11-9-17)24(27)26-23-7-3-5-18-4-1-2-6-22(18)23/h1-15H,16H2,(H,26,27). The third-order valence-corrected chi connectivity index (χ3v) is 5.00. The molecular formula is C24H18BrNO2. The van der Waals surface area contributed by atoms with Crippen molar-refractivity contribution in [2.75, 3.05) is 5.32 Å². The summed E-state index contributed by atoms with van der Waals surface area (Å²) in [7, 11) is 0. The van der Waals surface area contributed by atoms with Gasteiger partial charge in [0.05, 0.1) is 0 Å². The lowest BCUT2D eigenvalue weighted by atomic mass is 10.1. The van der Waals surface area contributed by atoms with E-state index in [-0.39, 0.29) is 5.91 Å². The van der Waals surface area contributed by atoms with Crippen LogP contribution in [0.5, 0.6) is 5.75 Å². The van der Waals surface area contributed by atoms with Crippen LogP contribution in [0.3, 0.4) is 0 Å². The molecule has 1 N–H and O–H groups in total. The Hall–Kier alpha value is -3.11. The van der Waals surface area contributed by atoms with Gasteiger partial charge in [0.2, 0.25) is 0 Å². The highest BCUT2D eigenvalue weighted by Crippen LogP contribution is 2.23. The van der Waals surface area contributed by atoms with Crippen LogP contribution < -0.4 is 10.1 Å². The lowest BCUT2D eigenvalue weighted by Crippen LogP contribution is -2.12. The highest BCUT2D eigenvalue weighted by atomic mass is 79.9. The molecule has 0 saturated heterocycles. The average Bonchev–Trinajstić information content (AvgIpc) is 2.74. The van der Waals surface area contributed by atoms with Crippen LogP contribution in [0, 0.1) is 0 Å². The molecule has 4 aromatic rings. The topological polar surface area (TPSA) is 38.3 Å². The highest BCUT2D eigenvalue weighted by Gasteiger charge is 2.08. The Kier molecular flexibility index (Phi) is 5.40. The predicted octanol–water partition coefficient (Wildman–Crippen LogP) is 6.43. The van der Waals surface area contributed by atoms with Crippen molar-refractivity contribution in [3.8, 4) is 5.75 Å². The first-order valence-electron chi connectivity index (χ1n) is 8.95. The number of benzene rings is 4. The molecule has 138 valence electrons. The molecule has 4 rings (SSSR count). The van der Waals surface area contributed by atoms with E-state index in [1.54, 1.807) is 0 Å². The summed E-state index contributed by atoms with van der Waals surface area (Å²) in [6, 6.07) is 29.1. The van der Waals surface area contributed by atoms with Crippen LogP contribution in [0.4, 0.5) is 5.69 Å². The van der Waals surface area contributed by atoms with Crippen molar-refractivity contribution in [3.63, 3.8) is 0 Å². The minimum atomic E-state index is -0.128. The molecule has 0 bridgehead atoms. The Bertz CT molecular complexity index is 1100. The van der Waals surface area contributed by atoms with E-state index in [1.807, 2.05) is 91.0 Å². The van der Waals surface area contributed by atoms with Crippen LogP contribution in [0.25, 0.3) is 10.8 Å². The van der Waals surface area contributed by atoms with Gasteiger partial charge < -0.3 is 10.1 Å². The number of hydrogen-bond acceptors (Lipinski definition) is 2. The van der Waals surface area contributed by atoms with Gasteiger partial charge in [-0.25, -0.2) is 0 Å². The zero-order chi connectivity index (χ0) is 19.3. The van der Waals surface area contributed by atoms with Crippen molar-refractivity contribution in [2.45, 2.75) is 6.61 Å². The van der Waals surface area contributed by atoms with Crippen LogP contribution in [-0.2, 0) is 6.61 Å². The van der Waals surface area contributed by atoms with Gasteiger partial charge in [0.1, 0.15) is 12.4 Å². The van der Waals surface area contributed by atoms with E-state index in [4.69, 9.17) is 4.74 Å². The summed E-state index contributed by atoms with van der Waals surface area (Å²) in [4.78, 5) is 12.6. The molecule has 0 aliphatic rings. The molecule has 4 heteroatoms. The molecule has 0 unspecified atom stereocenters. The summed E-state index contributed by atoms with van der Waals surface area (Å²) in [5.74, 6) is 0.678. The molecular weight excluding hydrogens is 414 g/mol. The summed E-state index contributed by atoms with van der Waals surface area (Å²) in [5.41, 5.74) is 2.43. The molecule has 0 radical (unpaired) electrons. The fraction of sp³-hybridized carbons (Fsp3) is 0.0417. The molecule has 0 atom stereocenters. The second-order valence-electron chi connectivity index (χ2n) is 6.42. The summed E-state index contributed by atoms with van der Waals surface area (Å²) in [6.07, 6.45) is 0. The first-order valence-corrected chi connectivity index (χ1v) is 9.75. The molecule has 0 spiro atoms. The van der Waals surface area contributed by atoms with Gasteiger partial charge in [0, 0.05) is 21.1 Å². The minimum absolute atomic E-state index is 0.128. The van der Waals surface area contributed by atoms with Gasteiger partial charge in [-0.1, -0.05) is 64.5 Å². The number of carbonyl (C=O) groups excluding carboxylic acids is 1. The largest absolute Gasteiger partial charge is 0.489 e. The molecule has 0 aliphatic carbocycles. The maximum atomic E-state index is 12.6. The fourth-order valence-corrected chi connectivity index (χ4v) is 3.24. The second kappa shape index (κ2) is 8.28. The molecule has 0 aliphatic heterocycles. The average molecular weight is 432 g/mol. The van der Waals surface area contributed by atoms with E-state index in [9.17, 15) is 4.79 Å². The number of halogens is 1. The Morgan fingerprint density at radius 3 is 2.32 bits per heavy atom. The van der Waals surface area contributed by atoms with Crippen LogP contribution in [0.15, 0.2) is 95.5 Å². The van der Waals surface area contributed by atoms with Crippen molar-refractivity contribution >= 4 is 38.3 Å². The smallest absolute Gasteiger partial charge is 0.255 e. The summed E-state index contributed by atoms with van der Waals surface area (Å²) in [6.45, 7) is 0.451. The molecule has 28 heavy (non-hydrogen) atoms. The lowest BCUT2D eigenvalue weighted by Gasteiger charge is -2.10. The Morgan fingerprint density at radius 1 is 0.821 bits per heavy atom. The number of rotatable bonds is 5. The van der Waals surface area contributed by atoms with Crippen LogP contribution in [0.1, 0.15) is 15.9 Å². The van der Waals surface area contributed by atoms with E-state index < -0.39 is 0 Å². The Balaban J connectivity index is 1.43. The number of ether oxygens (including phenoxy) is 1. The minimum Gasteiger partial charge on any atom is -0.489 e. The third-order valence-electron chi connectivity index (χ3n) is 4.47. The molecule has 4 aromatic carbocycles. The van der Waals surface area contributed by atoms with Gasteiger partial charge in [0.15, 0.2) is 0 Å². The predicted molar refractivity (Wildman–Crippen MR) is 117 cm³/mol. The molecule has 0 heterocycles. The maximum absolute atomic E-state index is 12.6. The van der Waals surface area contributed by atoms with Crippen molar-refractivity contribution in [1.29, 1.82) is 0 Å². The summed E-state index contributed by atoms with van der Waals surface area (Å²) >= 11 is 3.41. The Labute approximate surface area is 172 Å². The van der Waals surface area contributed by atoms with Crippen LogP contribution in [0.2, 0.25) is 0 Å². The molecule has 0 saturated carbocycles. The summed E-state index contributed by atoms with van der Waals surface area (Å²) < 4.78 is 6.79. The van der Waals surface area contributed by atoms with Gasteiger partial charge >= 0.3 is 0 Å². The first kappa shape index (κ1) is 18.3. The van der Waals surface area contributed by atoms with Gasteiger partial charge in [-0.3, -0.25) is 4.79 Å². The van der Waals surface area contributed by atoms with Gasteiger partial charge in [-0.2, -0.15) is 0 Å². The zero-order valence-electron chi connectivity index (χ0n) is 15.1. The van der Waals surface area contributed by atoms with E-state index >= 15 is 0 Å². The third kappa shape index (κ3) is 4.24. The van der Waals surface area contributed by atoms with E-state index in [2.05, 4.69) is 21.2 Å². The van der Waals surface area contributed by atoms with Gasteiger partial charge in [-0.15, -0.1) is 0 Å². The molecule has 0 fully saturated rings. The monoisotopic (exact) mass is 431 g/mol. The second-order valence-corrected chi connectivity index (χ2v) is 7.34. The maximum Gasteiger partial charge on any atom is 0.255 e. The molecule has 0 aromatic heterocycles. The lowest BCUT2D eigenvalue weighted by molar-refractivity contribution is 0.102. The van der Waals surface area contributed by atoms with Gasteiger partial charge in [-0.05, 0) is 53.4 Å². The van der Waals surface area contributed by atoms with Crippen molar-refractivity contribution in [1.82, 2.24) is 0 Å². The Morgan fingerprint density at radius 2 is 1.54 bits per heavy atom. The van der Waals surface area contributed by atoms with E-state index in [0.717, 1.165) is 32.2 Å². The fourth-order valence-electron chi connectivity index (χ4n) is 2.98. The highest BCUT2D eigenvalue weighted by molar-refractivity contribution is 9.10. The van der Waals surface area contributed by atoms with Crippen LogP contribution in [-0.4, -0.2) is 5.91 Å². The molecule has 1 amide bonds. The normalized spacial score (nSPS) is 10.6. The van der Waals surface area contributed by atoms with Crippen molar-refractivity contribution < 1.29 is 9.53 Å². The number of carbonyl (C=O) groups is 1. The number of anilines is 1. The molecule has 3 nitrogen and oxygen atoms in total. The SMILES string of the molecule is O=C(Nc1cccc2ccccc12)c1ccc(COc2ccc(Br)cc2)cc1. The number of amides is 1. The van der Waals surface area contributed by atoms with Gasteiger partial charge in [0.25, 0.3) is 5.91 Å². The number of hydrogen-bond donors (Lipinski definition) is 1. The quantitative estimate of drug-likeness (QED) is 0.395. The first-order chi connectivity index (χ1) is 13.7. The number of nitrogens with one attached hydrogen (secondary N) is 1.